The third-order valence-corrected chi connectivity index (χ3v) is 3.05. The van der Waals surface area contributed by atoms with Gasteiger partial charge in [0.15, 0.2) is 5.17 Å². The molecular weight excluding hydrogens is 272 g/mol. The van der Waals surface area contributed by atoms with Crippen LogP contribution in [0.3, 0.4) is 0 Å². The van der Waals surface area contributed by atoms with Gasteiger partial charge in [-0.2, -0.15) is 0 Å². The molecule has 0 saturated carbocycles. The van der Waals surface area contributed by atoms with Gasteiger partial charge in [0, 0.05) is 10.2 Å². The summed E-state index contributed by atoms with van der Waals surface area (Å²) in [5.74, 6) is 0.744. The van der Waals surface area contributed by atoms with E-state index in [0.29, 0.717) is 0 Å². The number of nitrogens with one attached hydrogen (secondary N) is 1. The van der Waals surface area contributed by atoms with Gasteiger partial charge in [0.2, 0.25) is 0 Å². The Morgan fingerprint density at radius 3 is 2.93 bits per heavy atom. The molecule has 1 aromatic rings. The van der Waals surface area contributed by atoms with E-state index in [1.807, 2.05) is 12.1 Å². The van der Waals surface area contributed by atoms with Crippen molar-refractivity contribution in [2.24, 2.45) is 5.73 Å². The summed E-state index contributed by atoms with van der Waals surface area (Å²) in [5.41, 5.74) is 7.64. The first kappa shape index (κ1) is 12.3. The molecule has 0 radical (unpaired) electrons. The molecular formula is C11H13BrN2S. The Hall–Kier alpha value is -0.740. The number of rotatable bonds is 3. The van der Waals surface area contributed by atoms with Crippen molar-refractivity contribution in [3.8, 4) is 0 Å². The number of halogens is 1. The molecule has 0 aromatic heterocycles. The smallest absolute Gasteiger partial charge is 0.151 e. The van der Waals surface area contributed by atoms with Gasteiger partial charge in [-0.1, -0.05) is 45.9 Å². The van der Waals surface area contributed by atoms with Gasteiger partial charge < -0.3 is 5.73 Å². The highest BCUT2D eigenvalue weighted by molar-refractivity contribution is 9.10. The van der Waals surface area contributed by atoms with E-state index in [9.17, 15) is 0 Å². The van der Waals surface area contributed by atoms with E-state index >= 15 is 0 Å². The monoisotopic (exact) mass is 284 g/mol. The van der Waals surface area contributed by atoms with Crippen molar-refractivity contribution in [3.63, 3.8) is 0 Å². The van der Waals surface area contributed by atoms with Crippen molar-refractivity contribution in [2.45, 2.75) is 6.92 Å². The number of nitrogens with two attached hydrogens (primary N) is 1. The van der Waals surface area contributed by atoms with Crippen molar-refractivity contribution in [1.29, 1.82) is 5.41 Å². The minimum atomic E-state index is 0.160. The fourth-order valence-electron chi connectivity index (χ4n) is 1.11. The van der Waals surface area contributed by atoms with Crippen LogP contribution in [0.1, 0.15) is 12.5 Å². The highest BCUT2D eigenvalue weighted by Gasteiger charge is 1.96. The largest absolute Gasteiger partial charge is 0.379 e. The number of hydrogen-bond acceptors (Lipinski definition) is 2. The average molecular weight is 285 g/mol. The van der Waals surface area contributed by atoms with Gasteiger partial charge in [-0.25, -0.2) is 0 Å². The van der Waals surface area contributed by atoms with Gasteiger partial charge in [-0.3, -0.25) is 5.41 Å². The Morgan fingerprint density at radius 2 is 2.33 bits per heavy atom. The van der Waals surface area contributed by atoms with Crippen molar-refractivity contribution >= 4 is 38.4 Å². The van der Waals surface area contributed by atoms with E-state index in [1.165, 1.54) is 22.9 Å². The lowest BCUT2D eigenvalue weighted by Gasteiger charge is -2.02. The Bertz CT molecular complexity index is 388. The van der Waals surface area contributed by atoms with E-state index in [4.69, 9.17) is 11.1 Å². The molecule has 0 saturated heterocycles. The maximum Gasteiger partial charge on any atom is 0.151 e. The second-order valence-electron chi connectivity index (χ2n) is 3.07. The molecule has 15 heavy (non-hydrogen) atoms. The molecule has 80 valence electrons. The van der Waals surface area contributed by atoms with Crippen LogP contribution in [0.2, 0.25) is 0 Å². The lowest BCUT2D eigenvalue weighted by molar-refractivity contribution is 1.50. The normalized spacial score (nSPS) is 11.5. The zero-order valence-corrected chi connectivity index (χ0v) is 10.9. The highest BCUT2D eigenvalue weighted by Crippen LogP contribution is 2.19. The Balaban J connectivity index is 2.67. The van der Waals surface area contributed by atoms with Crippen LogP contribution in [-0.2, 0) is 0 Å². The molecule has 0 unspecified atom stereocenters. The van der Waals surface area contributed by atoms with Crippen LogP contribution < -0.4 is 5.73 Å². The van der Waals surface area contributed by atoms with Gasteiger partial charge in [0.1, 0.15) is 0 Å². The molecule has 0 aliphatic heterocycles. The van der Waals surface area contributed by atoms with E-state index in [0.717, 1.165) is 10.2 Å². The van der Waals surface area contributed by atoms with Crippen molar-refractivity contribution in [3.05, 3.63) is 40.4 Å². The number of hydrogen-bond donors (Lipinski definition) is 2. The van der Waals surface area contributed by atoms with Gasteiger partial charge in [-0.15, -0.1) is 0 Å². The number of amidine groups is 1. The summed E-state index contributed by atoms with van der Waals surface area (Å²) in [7, 11) is 0. The fourth-order valence-corrected chi connectivity index (χ4v) is 2.02. The average Bonchev–Trinajstić information content (AvgIpc) is 2.17. The summed E-state index contributed by atoms with van der Waals surface area (Å²) in [6, 6.07) is 8.15. The van der Waals surface area contributed by atoms with Crippen LogP contribution in [-0.4, -0.2) is 10.9 Å². The summed E-state index contributed by atoms with van der Waals surface area (Å²) < 4.78 is 1.08. The SMILES string of the molecule is C/C(=C\CSC(=N)N)c1cccc(Br)c1. The van der Waals surface area contributed by atoms with Gasteiger partial charge >= 0.3 is 0 Å². The number of thioether (sulfide) groups is 1. The minimum absolute atomic E-state index is 0.160. The van der Waals surface area contributed by atoms with Crippen LogP contribution in [0.25, 0.3) is 5.57 Å². The quantitative estimate of drug-likeness (QED) is 0.660. The summed E-state index contributed by atoms with van der Waals surface area (Å²) in [5, 5.41) is 7.24. The van der Waals surface area contributed by atoms with Crippen LogP contribution >= 0.6 is 27.7 Å². The van der Waals surface area contributed by atoms with E-state index in [2.05, 4.69) is 41.1 Å². The lowest BCUT2D eigenvalue weighted by Crippen LogP contribution is -2.03. The molecule has 0 fully saturated rings. The van der Waals surface area contributed by atoms with Gasteiger partial charge in [0.25, 0.3) is 0 Å². The van der Waals surface area contributed by atoms with Crippen LogP contribution in [0.5, 0.6) is 0 Å². The van der Waals surface area contributed by atoms with Gasteiger partial charge in [-0.05, 0) is 30.2 Å². The van der Waals surface area contributed by atoms with Gasteiger partial charge in [0.05, 0.1) is 0 Å². The molecule has 4 heteroatoms. The molecule has 3 N–H and O–H groups in total. The second kappa shape index (κ2) is 5.98. The minimum Gasteiger partial charge on any atom is -0.379 e. The third kappa shape index (κ3) is 4.53. The molecule has 0 aliphatic carbocycles. The van der Waals surface area contributed by atoms with Crippen molar-refractivity contribution in [2.75, 3.05) is 5.75 Å². The lowest BCUT2D eigenvalue weighted by atomic mass is 10.1. The molecule has 2 nitrogen and oxygen atoms in total. The topological polar surface area (TPSA) is 49.9 Å². The predicted molar refractivity (Wildman–Crippen MR) is 72.2 cm³/mol. The summed E-state index contributed by atoms with van der Waals surface area (Å²) in [6.45, 7) is 2.06. The van der Waals surface area contributed by atoms with E-state index in [-0.39, 0.29) is 5.17 Å². The summed E-state index contributed by atoms with van der Waals surface area (Å²) >= 11 is 4.77. The first-order valence-electron chi connectivity index (χ1n) is 4.49. The zero-order valence-electron chi connectivity index (χ0n) is 8.46. The molecule has 1 rings (SSSR count). The van der Waals surface area contributed by atoms with Crippen LogP contribution in [0.4, 0.5) is 0 Å². The van der Waals surface area contributed by atoms with E-state index in [1.54, 1.807) is 0 Å². The summed E-state index contributed by atoms with van der Waals surface area (Å²) in [6.07, 6.45) is 2.08. The standard InChI is InChI=1S/C11H13BrN2S/c1-8(5-6-15-11(13)14)9-3-2-4-10(12)7-9/h2-5,7H,6H2,1H3,(H3,13,14)/b8-5+. The molecule has 1 aromatic carbocycles. The molecule has 0 atom stereocenters. The van der Waals surface area contributed by atoms with Crippen LogP contribution in [0.15, 0.2) is 34.8 Å². The highest BCUT2D eigenvalue weighted by atomic mass is 79.9. The molecule has 0 amide bonds. The van der Waals surface area contributed by atoms with Crippen molar-refractivity contribution in [1.82, 2.24) is 0 Å². The summed E-state index contributed by atoms with van der Waals surface area (Å²) in [4.78, 5) is 0. The number of allylic oxidation sites excluding steroid dienone is 1. The number of benzene rings is 1. The zero-order chi connectivity index (χ0) is 11.3. The Kier molecular flexibility index (Phi) is 4.91. The maximum absolute atomic E-state index is 7.08. The molecule has 0 spiro atoms. The fraction of sp³-hybridized carbons (Fsp3) is 0.182. The first-order chi connectivity index (χ1) is 7.09. The van der Waals surface area contributed by atoms with Crippen LogP contribution in [0, 0.1) is 5.41 Å². The molecule has 0 bridgehead atoms. The van der Waals surface area contributed by atoms with E-state index < -0.39 is 0 Å². The second-order valence-corrected chi connectivity index (χ2v) is 5.05. The molecule has 0 aliphatic rings. The van der Waals surface area contributed by atoms with Crippen molar-refractivity contribution < 1.29 is 0 Å². The Labute approximate surface area is 103 Å². The predicted octanol–water partition coefficient (Wildman–Crippen LogP) is 3.48. The Morgan fingerprint density at radius 1 is 1.60 bits per heavy atom. The third-order valence-electron chi connectivity index (χ3n) is 1.91. The first-order valence-corrected chi connectivity index (χ1v) is 6.27. The molecule has 0 heterocycles. The maximum atomic E-state index is 7.08.